The third kappa shape index (κ3) is 1.93. The van der Waals surface area contributed by atoms with E-state index in [1.807, 2.05) is 0 Å². The molecule has 1 saturated carbocycles. The molecule has 0 bridgehead atoms. The van der Waals surface area contributed by atoms with E-state index in [1.165, 1.54) is 19.3 Å². The molecule has 0 radical (unpaired) electrons. The first-order chi connectivity index (χ1) is 6.79. The van der Waals surface area contributed by atoms with Crippen LogP contribution in [0.3, 0.4) is 0 Å². The van der Waals surface area contributed by atoms with Gasteiger partial charge in [0.1, 0.15) is 5.82 Å². The van der Waals surface area contributed by atoms with Crippen molar-refractivity contribution in [2.24, 2.45) is 5.92 Å². The number of nitrogens with zero attached hydrogens (tertiary/aromatic N) is 2. The average Bonchev–Trinajstić information content (AvgIpc) is 2.65. The van der Waals surface area contributed by atoms with Crippen LogP contribution in [0.15, 0.2) is 12.3 Å². The van der Waals surface area contributed by atoms with Crippen LogP contribution in [-0.2, 0) is 6.61 Å². The van der Waals surface area contributed by atoms with E-state index in [2.05, 4.69) is 16.9 Å². The van der Waals surface area contributed by atoms with Gasteiger partial charge in [0.2, 0.25) is 0 Å². The zero-order valence-electron chi connectivity index (χ0n) is 8.48. The summed E-state index contributed by atoms with van der Waals surface area (Å²) in [6, 6.07) is 1.77. The van der Waals surface area contributed by atoms with Crippen molar-refractivity contribution in [1.82, 2.24) is 9.97 Å². The number of hydrogen-bond acceptors (Lipinski definition) is 3. The lowest BCUT2D eigenvalue weighted by molar-refractivity contribution is 0.276. The third-order valence-corrected chi connectivity index (χ3v) is 2.95. The molecule has 14 heavy (non-hydrogen) atoms. The molecule has 76 valence electrons. The van der Waals surface area contributed by atoms with Gasteiger partial charge in [-0.2, -0.15) is 0 Å². The minimum Gasteiger partial charge on any atom is -0.390 e. The third-order valence-electron chi connectivity index (χ3n) is 2.95. The maximum atomic E-state index is 8.97. The molecule has 1 aliphatic carbocycles. The summed E-state index contributed by atoms with van der Waals surface area (Å²) in [6.07, 6.45) is 5.40. The van der Waals surface area contributed by atoms with Gasteiger partial charge in [0.25, 0.3) is 0 Å². The van der Waals surface area contributed by atoms with E-state index in [-0.39, 0.29) is 6.61 Å². The molecule has 1 N–H and O–H groups in total. The van der Waals surface area contributed by atoms with Gasteiger partial charge in [-0.1, -0.05) is 6.92 Å². The summed E-state index contributed by atoms with van der Waals surface area (Å²) in [5.41, 5.74) is 0.731. The molecule has 0 amide bonds. The first kappa shape index (κ1) is 9.59. The number of aliphatic hydroxyl groups excluding tert-OH is 1. The highest BCUT2D eigenvalue weighted by Gasteiger charge is 2.24. The van der Waals surface area contributed by atoms with Crippen LogP contribution in [-0.4, -0.2) is 15.1 Å². The molecule has 1 aromatic rings. The van der Waals surface area contributed by atoms with Gasteiger partial charge in [0.15, 0.2) is 0 Å². The first-order valence-electron chi connectivity index (χ1n) is 5.22. The topological polar surface area (TPSA) is 46.0 Å². The van der Waals surface area contributed by atoms with Crippen LogP contribution in [0.5, 0.6) is 0 Å². The Morgan fingerprint density at radius 1 is 1.50 bits per heavy atom. The van der Waals surface area contributed by atoms with E-state index in [0.717, 1.165) is 17.4 Å². The highest BCUT2D eigenvalue weighted by atomic mass is 16.3. The van der Waals surface area contributed by atoms with Crippen molar-refractivity contribution < 1.29 is 5.11 Å². The largest absolute Gasteiger partial charge is 0.390 e. The van der Waals surface area contributed by atoms with Crippen LogP contribution in [0.2, 0.25) is 0 Å². The van der Waals surface area contributed by atoms with Crippen molar-refractivity contribution in [3.05, 3.63) is 23.8 Å². The highest BCUT2D eigenvalue weighted by Crippen LogP contribution is 2.36. The molecule has 1 fully saturated rings. The smallest absolute Gasteiger partial charge is 0.131 e. The Morgan fingerprint density at radius 3 is 3.00 bits per heavy atom. The normalized spacial score (nSPS) is 26.7. The predicted molar refractivity (Wildman–Crippen MR) is 53.7 cm³/mol. The Bertz CT molecular complexity index is 314. The number of hydrogen-bond donors (Lipinski definition) is 1. The molecule has 2 unspecified atom stereocenters. The molecule has 3 nitrogen and oxygen atoms in total. The number of aromatic nitrogens is 2. The second-order valence-electron chi connectivity index (χ2n) is 4.18. The molecule has 1 heterocycles. The second kappa shape index (κ2) is 4.05. The summed E-state index contributed by atoms with van der Waals surface area (Å²) >= 11 is 0. The Morgan fingerprint density at radius 2 is 2.36 bits per heavy atom. The second-order valence-corrected chi connectivity index (χ2v) is 4.18. The van der Waals surface area contributed by atoms with Gasteiger partial charge in [0, 0.05) is 12.1 Å². The SMILES string of the molecule is CC1CCC(c2nccc(CO)n2)C1. The molecular formula is C11H16N2O. The van der Waals surface area contributed by atoms with Crippen LogP contribution in [0.25, 0.3) is 0 Å². The van der Waals surface area contributed by atoms with Gasteiger partial charge in [0.05, 0.1) is 12.3 Å². The minimum atomic E-state index is 0.0117. The van der Waals surface area contributed by atoms with Crippen LogP contribution in [0.1, 0.15) is 43.6 Å². The Labute approximate surface area is 84.2 Å². The lowest BCUT2D eigenvalue weighted by atomic mass is 10.1. The van der Waals surface area contributed by atoms with Gasteiger partial charge < -0.3 is 5.11 Å². The van der Waals surface area contributed by atoms with Gasteiger partial charge >= 0.3 is 0 Å². The summed E-state index contributed by atoms with van der Waals surface area (Å²) < 4.78 is 0. The maximum Gasteiger partial charge on any atom is 0.131 e. The van der Waals surface area contributed by atoms with Gasteiger partial charge in [-0.25, -0.2) is 9.97 Å². The van der Waals surface area contributed by atoms with Crippen LogP contribution >= 0.6 is 0 Å². The van der Waals surface area contributed by atoms with Crippen molar-refractivity contribution in [2.45, 2.75) is 38.7 Å². The Kier molecular flexibility index (Phi) is 2.77. The molecule has 2 atom stereocenters. The fourth-order valence-corrected chi connectivity index (χ4v) is 2.14. The lowest BCUT2D eigenvalue weighted by Gasteiger charge is -2.08. The summed E-state index contributed by atoms with van der Waals surface area (Å²) in [4.78, 5) is 8.63. The fourth-order valence-electron chi connectivity index (χ4n) is 2.14. The summed E-state index contributed by atoms with van der Waals surface area (Å²) in [7, 11) is 0. The zero-order valence-corrected chi connectivity index (χ0v) is 8.48. The lowest BCUT2D eigenvalue weighted by Crippen LogP contribution is -2.03. The summed E-state index contributed by atoms with van der Waals surface area (Å²) in [6.45, 7) is 2.29. The van der Waals surface area contributed by atoms with Crippen molar-refractivity contribution in [3.63, 3.8) is 0 Å². The summed E-state index contributed by atoms with van der Waals surface area (Å²) in [5.74, 6) is 2.22. The monoisotopic (exact) mass is 192 g/mol. The molecule has 2 rings (SSSR count). The molecule has 0 aliphatic heterocycles. The molecule has 1 aliphatic rings. The Hall–Kier alpha value is -0.960. The molecule has 0 aromatic carbocycles. The quantitative estimate of drug-likeness (QED) is 0.778. The highest BCUT2D eigenvalue weighted by molar-refractivity contribution is 5.06. The van der Waals surface area contributed by atoms with E-state index in [0.29, 0.717) is 5.92 Å². The van der Waals surface area contributed by atoms with Crippen molar-refractivity contribution in [2.75, 3.05) is 0 Å². The van der Waals surface area contributed by atoms with Crippen molar-refractivity contribution in [3.8, 4) is 0 Å². The molecule has 0 saturated heterocycles. The van der Waals surface area contributed by atoms with Gasteiger partial charge in [-0.15, -0.1) is 0 Å². The van der Waals surface area contributed by atoms with Crippen molar-refractivity contribution >= 4 is 0 Å². The number of aliphatic hydroxyl groups is 1. The van der Waals surface area contributed by atoms with E-state index >= 15 is 0 Å². The predicted octanol–water partition coefficient (Wildman–Crippen LogP) is 1.87. The van der Waals surface area contributed by atoms with Crippen LogP contribution < -0.4 is 0 Å². The van der Waals surface area contributed by atoms with E-state index in [1.54, 1.807) is 12.3 Å². The number of rotatable bonds is 2. The van der Waals surface area contributed by atoms with E-state index < -0.39 is 0 Å². The zero-order chi connectivity index (χ0) is 9.97. The van der Waals surface area contributed by atoms with Gasteiger partial charge in [-0.05, 0) is 31.2 Å². The first-order valence-corrected chi connectivity index (χ1v) is 5.22. The van der Waals surface area contributed by atoms with Crippen molar-refractivity contribution in [1.29, 1.82) is 0 Å². The average molecular weight is 192 g/mol. The molecule has 0 spiro atoms. The fraction of sp³-hybridized carbons (Fsp3) is 0.636. The Balaban J connectivity index is 2.15. The summed E-state index contributed by atoms with van der Waals surface area (Å²) in [5, 5.41) is 8.97. The van der Waals surface area contributed by atoms with E-state index in [9.17, 15) is 0 Å². The molecule has 1 aromatic heterocycles. The molecular weight excluding hydrogens is 176 g/mol. The van der Waals surface area contributed by atoms with Crippen LogP contribution in [0.4, 0.5) is 0 Å². The van der Waals surface area contributed by atoms with Crippen LogP contribution in [0, 0.1) is 5.92 Å². The van der Waals surface area contributed by atoms with Gasteiger partial charge in [-0.3, -0.25) is 0 Å². The minimum absolute atomic E-state index is 0.0117. The van der Waals surface area contributed by atoms with E-state index in [4.69, 9.17) is 5.11 Å². The maximum absolute atomic E-state index is 8.97. The standard InChI is InChI=1S/C11H16N2O/c1-8-2-3-9(6-8)11-12-5-4-10(7-14)13-11/h4-5,8-9,14H,2-3,6-7H2,1H3. The molecule has 3 heteroatoms.